The van der Waals surface area contributed by atoms with E-state index in [1.165, 1.54) is 23.8 Å². The second kappa shape index (κ2) is 7.64. The first-order valence-corrected chi connectivity index (χ1v) is 9.16. The van der Waals surface area contributed by atoms with Gasteiger partial charge in [0, 0.05) is 24.7 Å². The van der Waals surface area contributed by atoms with E-state index < -0.39 is 5.82 Å². The minimum Gasteiger partial charge on any atom is -0.331 e. The highest BCUT2D eigenvalue weighted by Crippen LogP contribution is 2.21. The van der Waals surface area contributed by atoms with Gasteiger partial charge < -0.3 is 9.88 Å². The molecule has 0 aliphatic rings. The molecule has 28 heavy (non-hydrogen) atoms. The first kappa shape index (κ1) is 17.9. The molecule has 0 aliphatic heterocycles. The number of fused-ring (bicyclic) bond motifs is 1. The van der Waals surface area contributed by atoms with E-state index in [0.29, 0.717) is 5.69 Å². The summed E-state index contributed by atoms with van der Waals surface area (Å²) in [6.45, 7) is 0. The minimum absolute atomic E-state index is 0.282. The zero-order valence-electron chi connectivity index (χ0n) is 15.5. The molecule has 0 fully saturated rings. The van der Waals surface area contributed by atoms with Gasteiger partial charge in [-0.1, -0.05) is 36.4 Å². The maximum Gasteiger partial charge on any atom is 0.255 e. The van der Waals surface area contributed by atoms with Gasteiger partial charge >= 0.3 is 0 Å². The molecule has 0 unspecified atom stereocenters. The maximum absolute atomic E-state index is 13.3. The van der Waals surface area contributed by atoms with Crippen LogP contribution in [-0.4, -0.2) is 15.5 Å². The molecule has 0 spiro atoms. The van der Waals surface area contributed by atoms with Gasteiger partial charge in [0.15, 0.2) is 0 Å². The Labute approximate surface area is 162 Å². The van der Waals surface area contributed by atoms with Crippen molar-refractivity contribution < 1.29 is 9.18 Å². The first-order valence-electron chi connectivity index (χ1n) is 9.16. The Bertz CT molecular complexity index is 1140. The fraction of sp³-hybridized carbons (Fsp3) is 0.130. The Morgan fingerprint density at radius 2 is 1.82 bits per heavy atom. The van der Waals surface area contributed by atoms with Crippen molar-refractivity contribution in [3.63, 3.8) is 0 Å². The van der Waals surface area contributed by atoms with E-state index in [-0.39, 0.29) is 11.5 Å². The number of nitrogens with one attached hydrogen (secondary N) is 1. The minimum atomic E-state index is -0.434. The van der Waals surface area contributed by atoms with Gasteiger partial charge in [-0.25, -0.2) is 9.37 Å². The highest BCUT2D eigenvalue weighted by molar-refractivity contribution is 6.04. The van der Waals surface area contributed by atoms with Gasteiger partial charge in [0.25, 0.3) is 5.91 Å². The third-order valence-electron chi connectivity index (χ3n) is 4.80. The van der Waals surface area contributed by atoms with Gasteiger partial charge in [-0.05, 0) is 48.4 Å². The molecule has 4 rings (SSSR count). The Morgan fingerprint density at radius 1 is 1.00 bits per heavy atom. The lowest BCUT2D eigenvalue weighted by Gasteiger charge is -2.06. The number of rotatable bonds is 5. The summed E-state index contributed by atoms with van der Waals surface area (Å²) in [5.41, 5.74) is 4.02. The second-order valence-electron chi connectivity index (χ2n) is 6.74. The number of halogens is 1. The quantitative estimate of drug-likeness (QED) is 0.549. The average molecular weight is 373 g/mol. The summed E-state index contributed by atoms with van der Waals surface area (Å²) in [7, 11) is 2.00. The van der Waals surface area contributed by atoms with Crippen molar-refractivity contribution in [2.24, 2.45) is 7.05 Å². The van der Waals surface area contributed by atoms with Crippen LogP contribution in [0.4, 0.5) is 10.1 Å². The molecule has 3 aromatic carbocycles. The van der Waals surface area contributed by atoms with Crippen LogP contribution in [0.1, 0.15) is 21.7 Å². The summed E-state index contributed by atoms with van der Waals surface area (Å²) in [4.78, 5) is 17.1. The summed E-state index contributed by atoms with van der Waals surface area (Å²) in [5, 5.41) is 2.81. The van der Waals surface area contributed by atoms with Gasteiger partial charge in [-0.3, -0.25) is 4.79 Å². The maximum atomic E-state index is 13.3. The SMILES string of the molecule is Cn1c(CCc2ccccc2)nc2cc(NC(=O)c3cccc(F)c3)ccc21. The summed E-state index contributed by atoms with van der Waals surface area (Å²) in [6.07, 6.45) is 1.75. The van der Waals surface area contributed by atoms with Crippen molar-refractivity contribution in [2.75, 3.05) is 5.32 Å². The smallest absolute Gasteiger partial charge is 0.255 e. The van der Waals surface area contributed by atoms with Crippen LogP contribution in [0.2, 0.25) is 0 Å². The molecule has 0 bridgehead atoms. The number of aromatic nitrogens is 2. The van der Waals surface area contributed by atoms with Crippen LogP contribution in [0.15, 0.2) is 72.8 Å². The monoisotopic (exact) mass is 373 g/mol. The lowest BCUT2D eigenvalue weighted by atomic mass is 10.1. The van der Waals surface area contributed by atoms with Crippen molar-refractivity contribution in [2.45, 2.75) is 12.8 Å². The summed E-state index contributed by atoms with van der Waals surface area (Å²) >= 11 is 0. The van der Waals surface area contributed by atoms with Crippen molar-refractivity contribution in [3.05, 3.63) is 95.6 Å². The third kappa shape index (κ3) is 3.78. The van der Waals surface area contributed by atoms with Crippen LogP contribution in [0.25, 0.3) is 11.0 Å². The number of hydrogen-bond donors (Lipinski definition) is 1. The molecule has 5 heteroatoms. The summed E-state index contributed by atoms with van der Waals surface area (Å²) < 4.78 is 15.4. The molecule has 0 atom stereocenters. The van der Waals surface area contributed by atoms with Crippen LogP contribution in [0.5, 0.6) is 0 Å². The fourth-order valence-electron chi connectivity index (χ4n) is 3.28. The Hall–Kier alpha value is -3.47. The third-order valence-corrected chi connectivity index (χ3v) is 4.80. The van der Waals surface area contributed by atoms with Crippen LogP contribution in [-0.2, 0) is 19.9 Å². The zero-order valence-corrected chi connectivity index (χ0v) is 15.5. The van der Waals surface area contributed by atoms with Crippen molar-refractivity contribution >= 4 is 22.6 Å². The first-order chi connectivity index (χ1) is 13.6. The number of aryl methyl sites for hydroxylation is 3. The molecule has 1 aromatic heterocycles. The highest BCUT2D eigenvalue weighted by atomic mass is 19.1. The topological polar surface area (TPSA) is 46.9 Å². The summed E-state index contributed by atoms with van der Waals surface area (Å²) in [5.74, 6) is 0.211. The van der Waals surface area contributed by atoms with Crippen molar-refractivity contribution in [3.8, 4) is 0 Å². The van der Waals surface area contributed by atoms with E-state index in [1.807, 2.05) is 43.4 Å². The molecule has 4 aromatic rings. The van der Waals surface area contributed by atoms with Gasteiger partial charge in [0.1, 0.15) is 11.6 Å². The van der Waals surface area contributed by atoms with Crippen LogP contribution >= 0.6 is 0 Å². The fourth-order valence-corrected chi connectivity index (χ4v) is 3.28. The molecule has 1 amide bonds. The van der Waals surface area contributed by atoms with E-state index in [0.717, 1.165) is 29.7 Å². The van der Waals surface area contributed by atoms with E-state index in [4.69, 9.17) is 4.98 Å². The Balaban J connectivity index is 1.53. The van der Waals surface area contributed by atoms with Gasteiger partial charge in [-0.15, -0.1) is 0 Å². The Morgan fingerprint density at radius 3 is 2.61 bits per heavy atom. The van der Waals surface area contributed by atoms with Gasteiger partial charge in [-0.2, -0.15) is 0 Å². The lowest BCUT2D eigenvalue weighted by molar-refractivity contribution is 0.102. The normalized spacial score (nSPS) is 10.9. The van der Waals surface area contributed by atoms with Gasteiger partial charge in [0.05, 0.1) is 11.0 Å². The Kier molecular flexibility index (Phi) is 4.89. The average Bonchev–Trinajstić information content (AvgIpc) is 3.02. The summed E-state index contributed by atoms with van der Waals surface area (Å²) in [6, 6.07) is 21.6. The number of nitrogens with zero attached hydrogens (tertiary/aromatic N) is 2. The second-order valence-corrected chi connectivity index (χ2v) is 6.74. The molecule has 0 saturated heterocycles. The number of anilines is 1. The molecule has 0 saturated carbocycles. The largest absolute Gasteiger partial charge is 0.331 e. The number of benzene rings is 3. The molecular weight excluding hydrogens is 353 g/mol. The molecule has 0 radical (unpaired) electrons. The van der Waals surface area contributed by atoms with Gasteiger partial charge in [0.2, 0.25) is 0 Å². The molecule has 0 aliphatic carbocycles. The van der Waals surface area contributed by atoms with Crippen LogP contribution in [0, 0.1) is 5.82 Å². The van der Waals surface area contributed by atoms with E-state index in [9.17, 15) is 9.18 Å². The zero-order chi connectivity index (χ0) is 19.5. The number of carbonyl (C=O) groups is 1. The van der Waals surface area contributed by atoms with E-state index >= 15 is 0 Å². The number of carbonyl (C=O) groups excluding carboxylic acids is 1. The van der Waals surface area contributed by atoms with E-state index in [2.05, 4.69) is 22.0 Å². The molecule has 1 heterocycles. The lowest BCUT2D eigenvalue weighted by Crippen LogP contribution is -2.11. The standard InChI is InChI=1S/C23H20FN3O/c1-27-21-12-11-19(25-23(28)17-8-5-9-18(24)14-17)15-20(21)26-22(27)13-10-16-6-3-2-4-7-16/h2-9,11-12,14-15H,10,13H2,1H3,(H,25,28). The van der Waals surface area contributed by atoms with Crippen molar-refractivity contribution in [1.29, 1.82) is 0 Å². The molecule has 1 N–H and O–H groups in total. The predicted octanol–water partition coefficient (Wildman–Crippen LogP) is 4.75. The molecule has 4 nitrogen and oxygen atoms in total. The molecular formula is C23H20FN3O. The van der Waals surface area contributed by atoms with Crippen LogP contribution < -0.4 is 5.32 Å². The molecule has 140 valence electrons. The number of amides is 1. The highest BCUT2D eigenvalue weighted by Gasteiger charge is 2.11. The number of imidazole rings is 1. The van der Waals surface area contributed by atoms with Crippen LogP contribution in [0.3, 0.4) is 0 Å². The predicted molar refractivity (Wildman–Crippen MR) is 109 cm³/mol. The number of hydrogen-bond acceptors (Lipinski definition) is 2. The van der Waals surface area contributed by atoms with Crippen molar-refractivity contribution in [1.82, 2.24) is 9.55 Å². The van der Waals surface area contributed by atoms with E-state index in [1.54, 1.807) is 6.07 Å².